The van der Waals surface area contributed by atoms with Crippen molar-refractivity contribution in [3.8, 4) is 0 Å². The lowest BCUT2D eigenvalue weighted by Gasteiger charge is -2.11. The molecule has 5 nitrogen and oxygen atoms in total. The third-order valence-corrected chi connectivity index (χ3v) is 3.82. The highest BCUT2D eigenvalue weighted by Gasteiger charge is 2.18. The number of nitrogen functional groups attached to an aromatic ring is 1. The van der Waals surface area contributed by atoms with Crippen LogP contribution < -0.4 is 11.1 Å². The maximum Gasteiger partial charge on any atom is 0.256 e. The highest BCUT2D eigenvalue weighted by Crippen LogP contribution is 2.26. The van der Waals surface area contributed by atoms with E-state index in [1.807, 2.05) is 26.0 Å². The molecule has 6 heteroatoms. The molecule has 1 atom stereocenters. The molecule has 0 aliphatic carbocycles. The fourth-order valence-electron chi connectivity index (χ4n) is 1.54. The van der Waals surface area contributed by atoms with Crippen LogP contribution in [0.5, 0.6) is 0 Å². The first-order chi connectivity index (χ1) is 9.47. The van der Waals surface area contributed by atoms with E-state index in [2.05, 4.69) is 10.3 Å². The van der Waals surface area contributed by atoms with Gasteiger partial charge in [-0.05, 0) is 32.9 Å². The summed E-state index contributed by atoms with van der Waals surface area (Å²) < 4.78 is 5.46. The molecule has 1 aromatic carbocycles. The van der Waals surface area contributed by atoms with Crippen molar-refractivity contribution in [3.05, 3.63) is 35.7 Å². The van der Waals surface area contributed by atoms with Crippen molar-refractivity contribution in [1.82, 2.24) is 4.98 Å². The number of anilines is 2. The monoisotopic (exact) mass is 291 g/mol. The molecule has 1 heterocycles. The number of para-hydroxylation sites is 2. The molecule has 0 aliphatic heterocycles. The summed E-state index contributed by atoms with van der Waals surface area (Å²) in [6.45, 7) is 5.52. The maximum absolute atomic E-state index is 12.1. The minimum atomic E-state index is -0.327. The minimum absolute atomic E-state index is 0.138. The Morgan fingerprint density at radius 3 is 2.70 bits per heavy atom. The third kappa shape index (κ3) is 3.33. The Labute approximate surface area is 122 Å². The lowest BCUT2D eigenvalue weighted by Crippen LogP contribution is -2.22. The lowest BCUT2D eigenvalue weighted by atomic mass is 10.2. The highest BCUT2D eigenvalue weighted by molar-refractivity contribution is 8.00. The van der Waals surface area contributed by atoms with Crippen LogP contribution >= 0.6 is 11.8 Å². The van der Waals surface area contributed by atoms with Crippen LogP contribution in [0.1, 0.15) is 18.4 Å². The molecule has 0 aliphatic rings. The Balaban J connectivity index is 2.00. The van der Waals surface area contributed by atoms with Gasteiger partial charge in [0.15, 0.2) is 0 Å². The van der Waals surface area contributed by atoms with Gasteiger partial charge in [0.25, 0.3) is 5.22 Å². The summed E-state index contributed by atoms with van der Waals surface area (Å²) >= 11 is 1.28. The normalized spacial score (nSPS) is 12.2. The summed E-state index contributed by atoms with van der Waals surface area (Å²) in [5.41, 5.74) is 7.79. The van der Waals surface area contributed by atoms with E-state index < -0.39 is 0 Å². The molecule has 20 heavy (non-hydrogen) atoms. The van der Waals surface area contributed by atoms with Crippen LogP contribution in [0.25, 0.3) is 0 Å². The Bertz CT molecular complexity index is 605. The smallest absolute Gasteiger partial charge is 0.256 e. The number of nitrogens with two attached hydrogens (primary N) is 1. The average Bonchev–Trinajstić information content (AvgIpc) is 2.71. The number of rotatable bonds is 4. The largest absolute Gasteiger partial charge is 0.437 e. The van der Waals surface area contributed by atoms with Gasteiger partial charge < -0.3 is 15.5 Å². The van der Waals surface area contributed by atoms with E-state index >= 15 is 0 Å². The molecule has 106 valence electrons. The van der Waals surface area contributed by atoms with Gasteiger partial charge >= 0.3 is 0 Å². The van der Waals surface area contributed by atoms with Gasteiger partial charge in [-0.3, -0.25) is 4.79 Å². The molecule has 0 bridgehead atoms. The van der Waals surface area contributed by atoms with Crippen LogP contribution in [0.4, 0.5) is 11.4 Å². The van der Waals surface area contributed by atoms with Gasteiger partial charge in [-0.15, -0.1) is 0 Å². The van der Waals surface area contributed by atoms with E-state index in [4.69, 9.17) is 10.2 Å². The van der Waals surface area contributed by atoms with Crippen molar-refractivity contribution in [1.29, 1.82) is 0 Å². The van der Waals surface area contributed by atoms with Gasteiger partial charge in [-0.25, -0.2) is 4.98 Å². The van der Waals surface area contributed by atoms with Crippen LogP contribution in [-0.4, -0.2) is 16.1 Å². The van der Waals surface area contributed by atoms with Crippen molar-refractivity contribution in [2.75, 3.05) is 11.1 Å². The van der Waals surface area contributed by atoms with Gasteiger partial charge in [0.05, 0.1) is 22.3 Å². The second-order valence-corrected chi connectivity index (χ2v) is 5.75. The summed E-state index contributed by atoms with van der Waals surface area (Å²) in [6, 6.07) is 7.16. The number of oxazole rings is 1. The van der Waals surface area contributed by atoms with Crippen LogP contribution in [0.15, 0.2) is 33.9 Å². The van der Waals surface area contributed by atoms with E-state index in [1.165, 1.54) is 11.8 Å². The van der Waals surface area contributed by atoms with Crippen LogP contribution in [0, 0.1) is 13.8 Å². The molecule has 2 rings (SSSR count). The Kier molecular flexibility index (Phi) is 4.34. The Hall–Kier alpha value is -1.95. The SMILES string of the molecule is Cc1nc(SC(C)C(=O)Nc2ccccc2N)oc1C. The van der Waals surface area contributed by atoms with Gasteiger partial charge in [-0.2, -0.15) is 0 Å². The number of carbonyl (C=O) groups is 1. The summed E-state index contributed by atoms with van der Waals surface area (Å²) in [7, 11) is 0. The van der Waals surface area contributed by atoms with Crippen molar-refractivity contribution in [2.45, 2.75) is 31.2 Å². The number of thioether (sulfide) groups is 1. The third-order valence-electron chi connectivity index (χ3n) is 2.87. The average molecular weight is 291 g/mol. The fourth-order valence-corrected chi connectivity index (χ4v) is 2.37. The zero-order chi connectivity index (χ0) is 14.7. The number of aromatic nitrogens is 1. The molecule has 0 fully saturated rings. The summed E-state index contributed by atoms with van der Waals surface area (Å²) in [6.07, 6.45) is 0. The number of benzene rings is 1. The van der Waals surface area contributed by atoms with Crippen molar-refractivity contribution < 1.29 is 9.21 Å². The van der Waals surface area contributed by atoms with E-state index in [9.17, 15) is 4.79 Å². The molecule has 1 amide bonds. The quantitative estimate of drug-likeness (QED) is 0.668. The fraction of sp³-hybridized carbons (Fsp3) is 0.286. The van der Waals surface area contributed by atoms with E-state index in [0.717, 1.165) is 11.5 Å². The summed E-state index contributed by atoms with van der Waals surface area (Å²) in [5.74, 6) is 0.633. The van der Waals surface area contributed by atoms with E-state index in [1.54, 1.807) is 19.1 Å². The zero-order valence-electron chi connectivity index (χ0n) is 11.6. The van der Waals surface area contributed by atoms with E-state index in [0.29, 0.717) is 16.6 Å². The molecule has 0 saturated carbocycles. The molecule has 0 spiro atoms. The molecular formula is C14H17N3O2S. The van der Waals surface area contributed by atoms with Gasteiger partial charge in [0.1, 0.15) is 5.76 Å². The number of amides is 1. The molecule has 1 aromatic heterocycles. The number of nitrogens with one attached hydrogen (secondary N) is 1. The first kappa shape index (κ1) is 14.5. The Morgan fingerprint density at radius 2 is 2.10 bits per heavy atom. The van der Waals surface area contributed by atoms with Gasteiger partial charge in [0.2, 0.25) is 5.91 Å². The van der Waals surface area contributed by atoms with Gasteiger partial charge in [0, 0.05) is 0 Å². The second-order valence-electron chi connectivity index (χ2n) is 4.46. The zero-order valence-corrected chi connectivity index (χ0v) is 12.5. The van der Waals surface area contributed by atoms with Crippen molar-refractivity contribution >= 4 is 29.0 Å². The number of carbonyl (C=O) groups excluding carboxylic acids is 1. The topological polar surface area (TPSA) is 81.2 Å². The summed E-state index contributed by atoms with van der Waals surface area (Å²) in [5, 5.41) is 2.97. The maximum atomic E-state index is 12.1. The molecule has 3 N–H and O–H groups in total. The van der Waals surface area contributed by atoms with Crippen molar-refractivity contribution in [3.63, 3.8) is 0 Å². The number of nitrogens with zero attached hydrogens (tertiary/aromatic N) is 1. The summed E-state index contributed by atoms with van der Waals surface area (Å²) in [4.78, 5) is 16.4. The highest BCUT2D eigenvalue weighted by atomic mass is 32.2. The molecule has 0 radical (unpaired) electrons. The van der Waals surface area contributed by atoms with Crippen LogP contribution in [0.2, 0.25) is 0 Å². The van der Waals surface area contributed by atoms with Crippen LogP contribution in [-0.2, 0) is 4.79 Å². The molecule has 0 saturated heterocycles. The lowest BCUT2D eigenvalue weighted by molar-refractivity contribution is -0.115. The minimum Gasteiger partial charge on any atom is -0.437 e. The standard InChI is InChI=1S/C14H17N3O2S/c1-8-9(2)19-14(16-8)20-10(3)13(18)17-12-7-5-4-6-11(12)15/h4-7,10H,15H2,1-3H3,(H,17,18). The van der Waals surface area contributed by atoms with Crippen LogP contribution in [0.3, 0.4) is 0 Å². The van der Waals surface area contributed by atoms with Crippen molar-refractivity contribution in [2.24, 2.45) is 0 Å². The predicted molar refractivity (Wildman–Crippen MR) is 80.8 cm³/mol. The first-order valence-corrected chi connectivity index (χ1v) is 7.11. The van der Waals surface area contributed by atoms with Gasteiger partial charge in [-0.1, -0.05) is 23.9 Å². The second kappa shape index (κ2) is 6.00. The molecular weight excluding hydrogens is 274 g/mol. The first-order valence-electron chi connectivity index (χ1n) is 6.23. The number of hydrogen-bond donors (Lipinski definition) is 2. The molecule has 2 aromatic rings. The predicted octanol–water partition coefficient (Wildman–Crippen LogP) is 2.99. The molecule has 1 unspecified atom stereocenters. The Morgan fingerprint density at radius 1 is 1.40 bits per heavy atom. The van der Waals surface area contributed by atoms with E-state index in [-0.39, 0.29) is 11.2 Å². The number of hydrogen-bond acceptors (Lipinski definition) is 5. The number of aryl methyl sites for hydroxylation is 2.